The number of hydrazine groups is 1. The van der Waals surface area contributed by atoms with E-state index in [0.717, 1.165) is 12.8 Å². The molecule has 3 rings (SSSR count). The minimum atomic E-state index is -0.163. The number of H-pyrrole nitrogens is 1. The van der Waals surface area contributed by atoms with Gasteiger partial charge in [0.25, 0.3) is 5.91 Å². The van der Waals surface area contributed by atoms with Crippen LogP contribution in [0.2, 0.25) is 0 Å². The Morgan fingerprint density at radius 1 is 1.14 bits per heavy atom. The van der Waals surface area contributed by atoms with Gasteiger partial charge in [0.15, 0.2) is 0 Å². The monoisotopic (exact) mass is 305 g/mol. The van der Waals surface area contributed by atoms with E-state index >= 15 is 0 Å². The van der Waals surface area contributed by atoms with E-state index in [1.807, 2.05) is 0 Å². The van der Waals surface area contributed by atoms with Gasteiger partial charge in [0, 0.05) is 31.2 Å². The first-order valence-electron chi connectivity index (χ1n) is 7.96. The number of nitrogens with one attached hydrogen (secondary N) is 5. The van der Waals surface area contributed by atoms with Crippen LogP contribution in [0, 0.1) is 5.92 Å². The van der Waals surface area contributed by atoms with Gasteiger partial charge in [0.05, 0.1) is 0 Å². The number of aromatic amines is 1. The fourth-order valence-corrected chi connectivity index (χ4v) is 3.34. The fraction of sp³-hybridized carbons (Fsp3) is 0.600. The van der Waals surface area contributed by atoms with E-state index < -0.39 is 0 Å². The largest absolute Gasteiger partial charge is 0.357 e. The molecule has 2 aliphatic rings. The Morgan fingerprint density at radius 2 is 1.95 bits per heavy atom. The molecule has 120 valence electrons. The van der Waals surface area contributed by atoms with Crippen molar-refractivity contribution in [1.82, 2.24) is 26.5 Å². The van der Waals surface area contributed by atoms with Crippen molar-refractivity contribution >= 4 is 11.8 Å². The van der Waals surface area contributed by atoms with Gasteiger partial charge in [0.2, 0.25) is 5.91 Å². The number of carbonyl (C=O) groups excluding carboxylic acids is 2. The van der Waals surface area contributed by atoms with Gasteiger partial charge in [-0.3, -0.25) is 15.0 Å². The molecule has 1 saturated heterocycles. The predicted molar refractivity (Wildman–Crippen MR) is 81.9 cm³/mol. The second kappa shape index (κ2) is 6.93. The predicted octanol–water partition coefficient (Wildman–Crippen LogP) is -0.104. The van der Waals surface area contributed by atoms with Crippen LogP contribution in [0.15, 0.2) is 18.3 Å². The van der Waals surface area contributed by atoms with Crippen LogP contribution in [0.5, 0.6) is 0 Å². The van der Waals surface area contributed by atoms with Crippen LogP contribution in [0.4, 0.5) is 0 Å². The average Bonchev–Trinajstić information content (AvgIpc) is 3.20. The molecule has 0 radical (unpaired) electrons. The molecule has 22 heavy (non-hydrogen) atoms. The molecule has 2 heterocycles. The standard InChI is InChI=1S/C15H23N5O2/c21-14(12-6-3-7-16-12)17-8-9-18-15(22)13-10-4-1-2-5-11(10)19-20-13/h3,6-7,10-11,13,16,19-20H,1-2,4-5,8-9H2,(H,17,21)(H,18,22). The summed E-state index contributed by atoms with van der Waals surface area (Å²) in [5.74, 6) is 0.227. The number of fused-ring (bicyclic) bond motifs is 1. The molecule has 1 aromatic rings. The minimum absolute atomic E-state index is 0.0102. The molecule has 0 bridgehead atoms. The van der Waals surface area contributed by atoms with Crippen LogP contribution in [-0.2, 0) is 4.79 Å². The first kappa shape index (κ1) is 15.1. The van der Waals surface area contributed by atoms with E-state index in [2.05, 4.69) is 26.5 Å². The first-order chi connectivity index (χ1) is 10.8. The fourth-order valence-electron chi connectivity index (χ4n) is 3.34. The highest BCUT2D eigenvalue weighted by atomic mass is 16.2. The zero-order chi connectivity index (χ0) is 15.4. The summed E-state index contributed by atoms with van der Waals surface area (Å²) >= 11 is 0. The Hall–Kier alpha value is -1.86. The molecule has 2 fully saturated rings. The third-order valence-corrected chi connectivity index (χ3v) is 4.51. The summed E-state index contributed by atoms with van der Waals surface area (Å²) in [5, 5.41) is 5.66. The van der Waals surface area contributed by atoms with E-state index in [1.54, 1.807) is 18.3 Å². The SMILES string of the molecule is O=C(NCCNC(=O)C1NNC2CCCCC21)c1ccc[nH]1. The number of hydrogen-bond donors (Lipinski definition) is 5. The molecule has 1 saturated carbocycles. The van der Waals surface area contributed by atoms with Gasteiger partial charge in [0.1, 0.15) is 11.7 Å². The average molecular weight is 305 g/mol. The van der Waals surface area contributed by atoms with Gasteiger partial charge in [-0.25, -0.2) is 5.43 Å². The van der Waals surface area contributed by atoms with Crippen molar-refractivity contribution in [2.24, 2.45) is 5.92 Å². The number of aromatic nitrogens is 1. The van der Waals surface area contributed by atoms with Crippen molar-refractivity contribution in [3.8, 4) is 0 Å². The van der Waals surface area contributed by atoms with Crippen molar-refractivity contribution in [2.45, 2.75) is 37.8 Å². The molecule has 2 amide bonds. The Bertz CT molecular complexity index is 516. The normalized spacial score (nSPS) is 27.2. The highest BCUT2D eigenvalue weighted by molar-refractivity contribution is 5.92. The number of rotatable bonds is 5. The first-order valence-corrected chi connectivity index (χ1v) is 7.96. The summed E-state index contributed by atoms with van der Waals surface area (Å²) in [4.78, 5) is 26.8. The van der Waals surface area contributed by atoms with Crippen molar-refractivity contribution < 1.29 is 9.59 Å². The highest BCUT2D eigenvalue weighted by Crippen LogP contribution is 2.29. The van der Waals surface area contributed by atoms with Crippen molar-refractivity contribution in [2.75, 3.05) is 13.1 Å². The lowest BCUT2D eigenvalue weighted by Gasteiger charge is -2.26. The molecule has 1 aromatic heterocycles. The van der Waals surface area contributed by atoms with Gasteiger partial charge in [-0.05, 0) is 25.0 Å². The minimum Gasteiger partial charge on any atom is -0.357 e. The molecule has 7 heteroatoms. The van der Waals surface area contributed by atoms with Crippen LogP contribution < -0.4 is 21.5 Å². The van der Waals surface area contributed by atoms with Crippen molar-refractivity contribution in [3.05, 3.63) is 24.0 Å². The summed E-state index contributed by atoms with van der Waals surface area (Å²) in [5.41, 5.74) is 6.87. The lowest BCUT2D eigenvalue weighted by atomic mass is 9.81. The lowest BCUT2D eigenvalue weighted by molar-refractivity contribution is -0.123. The molecule has 1 aliphatic carbocycles. The number of hydrogen-bond acceptors (Lipinski definition) is 4. The van der Waals surface area contributed by atoms with Crippen LogP contribution in [-0.4, -0.2) is 42.0 Å². The topological polar surface area (TPSA) is 98.1 Å². The van der Waals surface area contributed by atoms with Gasteiger partial charge in [-0.2, -0.15) is 0 Å². The molecule has 5 N–H and O–H groups in total. The second-order valence-electron chi connectivity index (χ2n) is 5.95. The van der Waals surface area contributed by atoms with Crippen LogP contribution in [0.1, 0.15) is 36.2 Å². The lowest BCUT2D eigenvalue weighted by Crippen LogP contribution is -2.47. The maximum atomic E-state index is 12.2. The molecule has 1 aliphatic heterocycles. The smallest absolute Gasteiger partial charge is 0.267 e. The van der Waals surface area contributed by atoms with Crippen molar-refractivity contribution in [1.29, 1.82) is 0 Å². The van der Waals surface area contributed by atoms with E-state index in [9.17, 15) is 9.59 Å². The van der Waals surface area contributed by atoms with Gasteiger partial charge in [-0.15, -0.1) is 0 Å². The molecule has 0 spiro atoms. The van der Waals surface area contributed by atoms with E-state index in [1.165, 1.54) is 12.8 Å². The molecule has 0 aromatic carbocycles. The van der Waals surface area contributed by atoms with Crippen molar-refractivity contribution in [3.63, 3.8) is 0 Å². The summed E-state index contributed by atoms with van der Waals surface area (Å²) in [6.07, 6.45) is 6.35. The Balaban J connectivity index is 1.38. The zero-order valence-electron chi connectivity index (χ0n) is 12.5. The highest BCUT2D eigenvalue weighted by Gasteiger charge is 2.40. The van der Waals surface area contributed by atoms with Crippen LogP contribution in [0.25, 0.3) is 0 Å². The molecule has 7 nitrogen and oxygen atoms in total. The number of amides is 2. The molecule has 3 unspecified atom stereocenters. The van der Waals surface area contributed by atoms with E-state index in [0.29, 0.717) is 30.7 Å². The Labute approximate surface area is 129 Å². The summed E-state index contributed by atoms with van der Waals surface area (Å²) in [6, 6.07) is 3.74. The van der Waals surface area contributed by atoms with E-state index in [4.69, 9.17) is 0 Å². The summed E-state index contributed by atoms with van der Waals surface area (Å²) in [6.45, 7) is 0.846. The maximum absolute atomic E-state index is 12.2. The van der Waals surface area contributed by atoms with Crippen LogP contribution in [0.3, 0.4) is 0 Å². The number of carbonyl (C=O) groups is 2. The van der Waals surface area contributed by atoms with Gasteiger partial charge < -0.3 is 15.6 Å². The zero-order valence-corrected chi connectivity index (χ0v) is 12.5. The van der Waals surface area contributed by atoms with E-state index in [-0.39, 0.29) is 17.9 Å². The maximum Gasteiger partial charge on any atom is 0.267 e. The Kier molecular flexibility index (Phi) is 4.74. The Morgan fingerprint density at radius 3 is 2.77 bits per heavy atom. The summed E-state index contributed by atoms with van der Waals surface area (Å²) < 4.78 is 0. The third kappa shape index (κ3) is 3.31. The van der Waals surface area contributed by atoms with Gasteiger partial charge in [-0.1, -0.05) is 12.8 Å². The summed E-state index contributed by atoms with van der Waals surface area (Å²) in [7, 11) is 0. The van der Waals surface area contributed by atoms with Crippen LogP contribution >= 0.6 is 0 Å². The molecular weight excluding hydrogens is 282 g/mol. The molecule has 3 atom stereocenters. The van der Waals surface area contributed by atoms with Gasteiger partial charge >= 0.3 is 0 Å². The molecular formula is C15H23N5O2. The quantitative estimate of drug-likeness (QED) is 0.491. The second-order valence-corrected chi connectivity index (χ2v) is 5.95. The third-order valence-electron chi connectivity index (χ3n) is 4.51.